The average Bonchev–Trinajstić information content (AvgIpc) is 3.19. The van der Waals surface area contributed by atoms with Crippen LogP contribution in [0.4, 0.5) is 5.69 Å². The Balaban J connectivity index is 0.00000256. The van der Waals surface area contributed by atoms with Crippen molar-refractivity contribution >= 4 is 5.69 Å². The van der Waals surface area contributed by atoms with Crippen molar-refractivity contribution in [2.45, 2.75) is 71.4 Å². The Hall–Kier alpha value is -1.07. The first-order valence-electron chi connectivity index (χ1n) is 11.9. The van der Waals surface area contributed by atoms with Crippen LogP contribution in [0.25, 0.3) is 0 Å². The molecule has 3 heteroatoms. The minimum absolute atomic E-state index is 0. The third-order valence-corrected chi connectivity index (χ3v) is 7.96. The Labute approximate surface area is 201 Å². The van der Waals surface area contributed by atoms with Gasteiger partial charge in [-0.15, -0.1) is 0 Å². The lowest BCUT2D eigenvalue weighted by atomic mass is 9.94. The Kier molecular flexibility index (Phi) is 8.25. The molecule has 0 radical (unpaired) electrons. The van der Waals surface area contributed by atoms with E-state index < -0.39 is 0 Å². The molecule has 1 atom stereocenters. The van der Waals surface area contributed by atoms with Crippen molar-refractivity contribution in [1.82, 2.24) is 0 Å². The normalized spacial score (nSPS) is 20.4. The fourth-order valence-corrected chi connectivity index (χ4v) is 6.04. The first-order valence-corrected chi connectivity index (χ1v) is 11.9. The minimum atomic E-state index is 0. The summed E-state index contributed by atoms with van der Waals surface area (Å²) in [4.78, 5) is 2.74. The largest absolute Gasteiger partial charge is 1.00 e. The van der Waals surface area contributed by atoms with Crippen LogP contribution in [0.1, 0.15) is 56.2 Å². The Bertz CT molecular complexity index is 772. The van der Waals surface area contributed by atoms with Gasteiger partial charge in [0.05, 0.1) is 25.7 Å². The molecule has 0 saturated carbocycles. The topological polar surface area (TPSA) is 3.24 Å². The third-order valence-electron chi connectivity index (χ3n) is 7.96. The number of halogens is 1. The standard InChI is InChI=1S/C27H39N2.HI/c1-4-29(5-2)19-9-8-12-27(29)17-18-28(25-15-13-22(3)14-16-25)26-20-23-10-6-7-11-24(23)21-26;/h6-7,10-11,13-16,26-27H,4-5,8-9,12,17-21H2,1-3H3;1H/q+1;/p-1. The van der Waals surface area contributed by atoms with Crippen molar-refractivity contribution in [3.8, 4) is 0 Å². The van der Waals surface area contributed by atoms with Crippen LogP contribution in [0.2, 0.25) is 0 Å². The maximum absolute atomic E-state index is 2.74. The van der Waals surface area contributed by atoms with Gasteiger partial charge >= 0.3 is 0 Å². The first kappa shape index (κ1) is 23.6. The van der Waals surface area contributed by atoms with Crippen LogP contribution in [-0.2, 0) is 12.8 Å². The van der Waals surface area contributed by atoms with Gasteiger partial charge in [0, 0.05) is 24.7 Å². The maximum atomic E-state index is 2.74. The summed E-state index contributed by atoms with van der Waals surface area (Å²) in [6.07, 6.45) is 7.95. The Morgan fingerprint density at radius 1 is 0.900 bits per heavy atom. The second-order valence-corrected chi connectivity index (χ2v) is 9.37. The van der Waals surface area contributed by atoms with Gasteiger partial charge in [-0.3, -0.25) is 0 Å². The molecule has 0 N–H and O–H groups in total. The van der Waals surface area contributed by atoms with E-state index in [0.717, 1.165) is 6.04 Å². The predicted octanol–water partition coefficient (Wildman–Crippen LogP) is 2.77. The number of aryl methyl sites for hydroxylation is 1. The number of rotatable bonds is 7. The molecule has 0 spiro atoms. The van der Waals surface area contributed by atoms with Crippen molar-refractivity contribution in [3.63, 3.8) is 0 Å². The molecule has 30 heavy (non-hydrogen) atoms. The molecule has 2 aromatic rings. The van der Waals surface area contributed by atoms with Crippen LogP contribution in [0.3, 0.4) is 0 Å². The summed E-state index contributed by atoms with van der Waals surface area (Å²) in [5, 5.41) is 0. The monoisotopic (exact) mass is 518 g/mol. The lowest BCUT2D eigenvalue weighted by Gasteiger charge is -2.47. The lowest BCUT2D eigenvalue weighted by Crippen LogP contribution is -3.00. The van der Waals surface area contributed by atoms with Crippen LogP contribution in [0.15, 0.2) is 48.5 Å². The zero-order valence-electron chi connectivity index (χ0n) is 19.1. The molecular formula is C27H39IN2. The molecule has 1 aliphatic carbocycles. The number of piperidine rings is 1. The number of fused-ring (bicyclic) bond motifs is 1. The second-order valence-electron chi connectivity index (χ2n) is 9.37. The Morgan fingerprint density at radius 2 is 1.53 bits per heavy atom. The smallest absolute Gasteiger partial charge is 0.0907 e. The molecule has 2 nitrogen and oxygen atoms in total. The van der Waals surface area contributed by atoms with E-state index in [-0.39, 0.29) is 24.0 Å². The van der Waals surface area contributed by atoms with Crippen molar-refractivity contribution in [3.05, 3.63) is 65.2 Å². The molecule has 1 unspecified atom stereocenters. The molecule has 1 aliphatic heterocycles. The maximum Gasteiger partial charge on any atom is 0.0907 e. The van der Waals surface area contributed by atoms with Gasteiger partial charge in [-0.05, 0) is 76.1 Å². The molecule has 0 aromatic heterocycles. The van der Waals surface area contributed by atoms with E-state index in [9.17, 15) is 0 Å². The van der Waals surface area contributed by atoms with Gasteiger partial charge in [0.1, 0.15) is 0 Å². The minimum Gasteiger partial charge on any atom is -1.00 e. The molecule has 0 amide bonds. The first-order chi connectivity index (χ1) is 14.1. The van der Waals surface area contributed by atoms with E-state index in [0.29, 0.717) is 6.04 Å². The molecule has 164 valence electrons. The van der Waals surface area contributed by atoms with Gasteiger partial charge in [0.2, 0.25) is 0 Å². The van der Waals surface area contributed by atoms with Gasteiger partial charge in [-0.1, -0.05) is 42.0 Å². The van der Waals surface area contributed by atoms with Crippen molar-refractivity contribution in [2.24, 2.45) is 0 Å². The van der Waals surface area contributed by atoms with Gasteiger partial charge in [-0.25, -0.2) is 0 Å². The summed E-state index contributed by atoms with van der Waals surface area (Å²) in [5.74, 6) is 0. The summed E-state index contributed by atoms with van der Waals surface area (Å²) in [6.45, 7) is 12.2. The highest BCUT2D eigenvalue weighted by Gasteiger charge is 2.37. The average molecular weight is 519 g/mol. The summed E-state index contributed by atoms with van der Waals surface area (Å²) in [7, 11) is 0. The third kappa shape index (κ3) is 4.88. The van der Waals surface area contributed by atoms with Crippen LogP contribution < -0.4 is 28.9 Å². The molecule has 0 bridgehead atoms. The number of anilines is 1. The molecule has 1 saturated heterocycles. The van der Waals surface area contributed by atoms with E-state index in [4.69, 9.17) is 0 Å². The lowest BCUT2D eigenvalue weighted by molar-refractivity contribution is -0.953. The molecular weight excluding hydrogens is 479 g/mol. The van der Waals surface area contributed by atoms with Crippen molar-refractivity contribution < 1.29 is 28.5 Å². The Morgan fingerprint density at radius 3 is 2.13 bits per heavy atom. The van der Waals surface area contributed by atoms with E-state index in [1.165, 1.54) is 80.4 Å². The van der Waals surface area contributed by atoms with Crippen molar-refractivity contribution in [2.75, 3.05) is 31.1 Å². The molecule has 1 heterocycles. The van der Waals surface area contributed by atoms with Gasteiger partial charge < -0.3 is 33.4 Å². The molecule has 1 fully saturated rings. The summed E-state index contributed by atoms with van der Waals surface area (Å²) in [5.41, 5.74) is 5.87. The zero-order valence-corrected chi connectivity index (χ0v) is 21.3. The van der Waals surface area contributed by atoms with E-state index >= 15 is 0 Å². The molecule has 2 aliphatic rings. The fourth-order valence-electron chi connectivity index (χ4n) is 6.04. The van der Waals surface area contributed by atoms with E-state index in [2.05, 4.69) is 74.2 Å². The summed E-state index contributed by atoms with van der Waals surface area (Å²) in [6, 6.07) is 19.8. The number of benzene rings is 2. The number of hydrogen-bond acceptors (Lipinski definition) is 1. The molecule has 4 rings (SSSR count). The van der Waals surface area contributed by atoms with Gasteiger partial charge in [-0.2, -0.15) is 0 Å². The number of nitrogens with zero attached hydrogens (tertiary/aromatic N) is 2. The van der Waals surface area contributed by atoms with Gasteiger partial charge in [0.15, 0.2) is 0 Å². The second kappa shape index (κ2) is 10.5. The fraction of sp³-hybridized carbons (Fsp3) is 0.556. The highest BCUT2D eigenvalue weighted by molar-refractivity contribution is 5.50. The SMILES string of the molecule is CC[N+]1(CC)CCCCC1CCN(c1ccc(C)cc1)C1Cc2ccccc2C1.[I-]. The number of hydrogen-bond donors (Lipinski definition) is 0. The van der Waals surface area contributed by atoms with Crippen LogP contribution in [0, 0.1) is 6.92 Å². The van der Waals surface area contributed by atoms with E-state index in [1.54, 1.807) is 11.1 Å². The predicted molar refractivity (Wildman–Crippen MR) is 125 cm³/mol. The summed E-state index contributed by atoms with van der Waals surface area (Å²) >= 11 is 0. The number of quaternary nitrogens is 1. The number of likely N-dealkylation sites (tertiary alicyclic amines) is 1. The van der Waals surface area contributed by atoms with Crippen molar-refractivity contribution in [1.29, 1.82) is 0 Å². The van der Waals surface area contributed by atoms with Crippen LogP contribution in [0.5, 0.6) is 0 Å². The van der Waals surface area contributed by atoms with Gasteiger partial charge in [0.25, 0.3) is 0 Å². The molecule has 2 aromatic carbocycles. The zero-order chi connectivity index (χ0) is 20.3. The highest BCUT2D eigenvalue weighted by Crippen LogP contribution is 2.32. The quantitative estimate of drug-likeness (QED) is 0.403. The highest BCUT2D eigenvalue weighted by atomic mass is 127. The summed E-state index contributed by atoms with van der Waals surface area (Å²) < 4.78 is 1.34. The van der Waals surface area contributed by atoms with E-state index in [1.807, 2.05) is 0 Å². The van der Waals surface area contributed by atoms with Crippen LogP contribution in [-0.4, -0.2) is 42.7 Å². The van der Waals surface area contributed by atoms with Crippen LogP contribution >= 0.6 is 0 Å².